The van der Waals surface area contributed by atoms with Crippen LogP contribution in [-0.4, -0.2) is 17.5 Å². The molecule has 0 aromatic rings. The molecule has 6 rings (SSSR count). The average molecular weight is 459 g/mol. The summed E-state index contributed by atoms with van der Waals surface area (Å²) in [7, 11) is 0. The van der Waals surface area contributed by atoms with Gasteiger partial charge in [-0.05, 0) is 91.1 Å². The molecule has 0 bridgehead atoms. The summed E-state index contributed by atoms with van der Waals surface area (Å²) in [5.41, 5.74) is 5.45. The smallest absolute Gasteiger partial charge is 0.339 e. The lowest BCUT2D eigenvalue weighted by atomic mass is 9.53. The van der Waals surface area contributed by atoms with Crippen molar-refractivity contribution in [1.29, 1.82) is 0 Å². The molecule has 34 heavy (non-hydrogen) atoms. The normalized spacial score (nSPS) is 42.8. The lowest BCUT2D eigenvalue weighted by Crippen LogP contribution is -2.49. The van der Waals surface area contributed by atoms with E-state index in [2.05, 4.69) is 58.1 Å². The van der Waals surface area contributed by atoms with Crippen LogP contribution in [0, 0.1) is 28.6 Å². The van der Waals surface area contributed by atoms with E-state index in [0.717, 1.165) is 48.0 Å². The Kier molecular flexibility index (Phi) is 4.34. The average Bonchev–Trinajstić information content (AvgIpc) is 3.19. The van der Waals surface area contributed by atoms with Crippen LogP contribution >= 0.6 is 0 Å². The SMILES string of the molecule is CC1=C2C[C@@]3(C)C(=C[C@H]([C@@]45C=C6C=CC[C@H](C)[C@@]6(C)CC4=C(C)C(=O)O5)C[C@@H]3C)C=C2OC1=O. The van der Waals surface area contributed by atoms with Crippen LogP contribution in [0.4, 0.5) is 0 Å². The maximum atomic E-state index is 13.0. The predicted molar refractivity (Wildman–Crippen MR) is 130 cm³/mol. The van der Waals surface area contributed by atoms with Crippen molar-refractivity contribution in [2.24, 2.45) is 28.6 Å². The van der Waals surface area contributed by atoms with E-state index in [4.69, 9.17) is 9.47 Å². The fourth-order valence-electron chi connectivity index (χ4n) is 7.30. The largest absolute Gasteiger partial charge is 0.446 e. The number of carbonyl (C=O) groups is 2. The van der Waals surface area contributed by atoms with Gasteiger partial charge in [0.05, 0.1) is 0 Å². The van der Waals surface area contributed by atoms with Gasteiger partial charge in [-0.1, -0.05) is 45.9 Å². The van der Waals surface area contributed by atoms with Crippen LogP contribution < -0.4 is 0 Å². The molecular weight excluding hydrogens is 424 g/mol. The number of hydrogen-bond donors (Lipinski definition) is 0. The minimum Gasteiger partial charge on any atom is -0.446 e. The van der Waals surface area contributed by atoms with Gasteiger partial charge in [0.2, 0.25) is 0 Å². The van der Waals surface area contributed by atoms with Crippen LogP contribution in [0.2, 0.25) is 0 Å². The molecule has 2 heterocycles. The zero-order valence-electron chi connectivity index (χ0n) is 21.1. The number of esters is 2. The summed E-state index contributed by atoms with van der Waals surface area (Å²) >= 11 is 0. The number of allylic oxidation sites excluding steroid dienone is 6. The molecule has 0 saturated heterocycles. The molecule has 0 unspecified atom stereocenters. The van der Waals surface area contributed by atoms with Crippen molar-refractivity contribution in [3.05, 3.63) is 69.6 Å². The van der Waals surface area contributed by atoms with E-state index in [9.17, 15) is 9.59 Å². The number of carbonyl (C=O) groups excluding carboxylic acids is 2. The Bertz CT molecular complexity index is 1240. The lowest BCUT2D eigenvalue weighted by Gasteiger charge is -2.52. The third kappa shape index (κ3) is 2.60. The fourth-order valence-corrected chi connectivity index (χ4v) is 7.30. The van der Waals surface area contributed by atoms with E-state index in [-0.39, 0.29) is 28.7 Å². The van der Waals surface area contributed by atoms with E-state index in [1.807, 2.05) is 13.8 Å². The van der Waals surface area contributed by atoms with Crippen molar-refractivity contribution in [2.45, 2.75) is 72.8 Å². The van der Waals surface area contributed by atoms with Crippen molar-refractivity contribution in [1.82, 2.24) is 0 Å². The van der Waals surface area contributed by atoms with E-state index in [1.165, 1.54) is 11.1 Å². The maximum absolute atomic E-state index is 13.0. The van der Waals surface area contributed by atoms with Crippen molar-refractivity contribution in [3.8, 4) is 0 Å². The Hall–Kier alpha value is -2.62. The first kappa shape index (κ1) is 21.9. The molecule has 2 aliphatic heterocycles. The Morgan fingerprint density at radius 1 is 0.941 bits per heavy atom. The van der Waals surface area contributed by atoms with Gasteiger partial charge in [0.25, 0.3) is 0 Å². The Morgan fingerprint density at radius 2 is 1.68 bits per heavy atom. The van der Waals surface area contributed by atoms with Crippen molar-refractivity contribution < 1.29 is 19.1 Å². The van der Waals surface area contributed by atoms with Crippen molar-refractivity contribution in [3.63, 3.8) is 0 Å². The molecule has 6 atom stereocenters. The second kappa shape index (κ2) is 6.74. The van der Waals surface area contributed by atoms with Gasteiger partial charge >= 0.3 is 11.9 Å². The van der Waals surface area contributed by atoms with E-state index in [1.54, 1.807) is 0 Å². The van der Waals surface area contributed by atoms with E-state index in [0.29, 0.717) is 17.6 Å². The van der Waals surface area contributed by atoms with E-state index >= 15 is 0 Å². The summed E-state index contributed by atoms with van der Waals surface area (Å²) in [5, 5.41) is 0. The molecule has 0 spiro atoms. The van der Waals surface area contributed by atoms with Gasteiger partial charge in [-0.3, -0.25) is 0 Å². The van der Waals surface area contributed by atoms with Crippen molar-refractivity contribution in [2.75, 3.05) is 0 Å². The van der Waals surface area contributed by atoms with Crippen LogP contribution in [0.1, 0.15) is 67.2 Å². The summed E-state index contributed by atoms with van der Waals surface area (Å²) in [6.45, 7) is 13.1. The minimum atomic E-state index is -0.725. The second-order valence-electron chi connectivity index (χ2n) is 12.0. The third-order valence-electron chi connectivity index (χ3n) is 10.3. The molecule has 0 aromatic heterocycles. The molecule has 0 radical (unpaired) electrons. The lowest BCUT2D eigenvalue weighted by molar-refractivity contribution is -0.147. The summed E-state index contributed by atoms with van der Waals surface area (Å²) in [4.78, 5) is 25.2. The predicted octanol–water partition coefficient (Wildman–Crippen LogP) is 6.28. The molecule has 0 saturated carbocycles. The molecule has 0 N–H and O–H groups in total. The highest BCUT2D eigenvalue weighted by Crippen LogP contribution is 2.61. The first-order chi connectivity index (χ1) is 16.0. The topological polar surface area (TPSA) is 52.6 Å². The first-order valence-corrected chi connectivity index (χ1v) is 12.7. The first-order valence-electron chi connectivity index (χ1n) is 12.7. The molecule has 4 nitrogen and oxygen atoms in total. The Labute approximate surface area is 202 Å². The quantitative estimate of drug-likeness (QED) is 0.434. The van der Waals surface area contributed by atoms with Crippen molar-refractivity contribution >= 4 is 11.9 Å². The number of rotatable bonds is 1. The molecule has 178 valence electrons. The van der Waals surface area contributed by atoms with Crippen LogP contribution in [0.5, 0.6) is 0 Å². The molecule has 6 aliphatic rings. The molecule has 0 amide bonds. The van der Waals surface area contributed by atoms with Gasteiger partial charge in [0.1, 0.15) is 5.76 Å². The number of ether oxygens (including phenoxy) is 2. The number of hydrogen-bond acceptors (Lipinski definition) is 4. The summed E-state index contributed by atoms with van der Waals surface area (Å²) < 4.78 is 11.9. The molecular formula is C30H34O4. The van der Waals surface area contributed by atoms with Gasteiger partial charge in [-0.2, -0.15) is 0 Å². The highest BCUT2D eigenvalue weighted by atomic mass is 16.6. The summed E-state index contributed by atoms with van der Waals surface area (Å²) in [5.74, 6) is 1.20. The fraction of sp³-hybridized carbons (Fsp3) is 0.533. The van der Waals surface area contributed by atoms with Gasteiger partial charge < -0.3 is 9.47 Å². The standard InChI is InChI=1S/C30H34O4/c1-16-8-7-9-20-13-30(24(15-29(16,20)6)19(4)27(32)34-30)22-10-17(2)28(5)14-23-18(3)26(31)33-25(23)12-21(28)11-22/h7,9,11-13,16-17,22H,8,10,14-15H2,1-6H3/t16-,17-,22+,28+,29+,30-/m0/s1. The second-order valence-corrected chi connectivity index (χ2v) is 12.0. The minimum absolute atomic E-state index is 0.0207. The zero-order chi connectivity index (χ0) is 24.2. The monoisotopic (exact) mass is 458 g/mol. The Morgan fingerprint density at radius 3 is 2.44 bits per heavy atom. The third-order valence-corrected chi connectivity index (χ3v) is 10.3. The molecule has 4 heteroatoms. The summed E-state index contributed by atoms with van der Waals surface area (Å²) in [6, 6.07) is 0. The van der Waals surface area contributed by atoms with E-state index < -0.39 is 5.60 Å². The molecule has 4 aliphatic carbocycles. The van der Waals surface area contributed by atoms with Crippen LogP contribution in [-0.2, 0) is 19.1 Å². The van der Waals surface area contributed by atoms with Gasteiger partial charge in [-0.15, -0.1) is 0 Å². The molecule has 0 aromatic carbocycles. The number of fused-ring (bicyclic) bond motifs is 4. The zero-order valence-corrected chi connectivity index (χ0v) is 21.1. The van der Waals surface area contributed by atoms with Gasteiger partial charge in [-0.25, -0.2) is 9.59 Å². The summed E-state index contributed by atoms with van der Waals surface area (Å²) in [6.07, 6.45) is 14.9. The van der Waals surface area contributed by atoms with Crippen LogP contribution in [0.3, 0.4) is 0 Å². The highest BCUT2D eigenvalue weighted by molar-refractivity contribution is 5.94. The maximum Gasteiger partial charge on any atom is 0.339 e. The molecule has 0 fully saturated rings. The van der Waals surface area contributed by atoms with Crippen LogP contribution in [0.15, 0.2) is 69.6 Å². The highest BCUT2D eigenvalue weighted by Gasteiger charge is 2.58. The van der Waals surface area contributed by atoms with Crippen LogP contribution in [0.25, 0.3) is 0 Å². The Balaban J connectivity index is 1.52. The van der Waals surface area contributed by atoms with Gasteiger partial charge in [0.15, 0.2) is 5.60 Å². The van der Waals surface area contributed by atoms with Gasteiger partial charge in [0, 0.05) is 22.6 Å².